The molecule has 0 aliphatic carbocycles. The number of amides is 1. The first-order valence-electron chi connectivity index (χ1n) is 6.88. The van der Waals surface area contributed by atoms with Gasteiger partial charge in [-0.1, -0.05) is 0 Å². The summed E-state index contributed by atoms with van der Waals surface area (Å²) in [5, 5.41) is 19.7. The summed E-state index contributed by atoms with van der Waals surface area (Å²) in [5.74, 6) is -1.05. The van der Waals surface area contributed by atoms with Crippen LogP contribution in [0.15, 0.2) is 29.2 Å². The Labute approximate surface area is 131 Å². The van der Waals surface area contributed by atoms with Crippen LogP contribution in [0, 0.1) is 10.1 Å². The number of nitro groups is 1. The van der Waals surface area contributed by atoms with Gasteiger partial charge in [0, 0.05) is 23.6 Å². The van der Waals surface area contributed by atoms with Gasteiger partial charge in [-0.25, -0.2) is 4.79 Å². The van der Waals surface area contributed by atoms with E-state index in [-0.39, 0.29) is 17.3 Å². The Morgan fingerprint density at radius 2 is 2.00 bits per heavy atom. The van der Waals surface area contributed by atoms with Crippen molar-refractivity contribution in [2.45, 2.75) is 30.2 Å². The molecule has 1 atom stereocenters. The molecule has 1 aliphatic heterocycles. The number of hydrogen-bond acceptors (Lipinski definition) is 5. The molecule has 0 bridgehead atoms. The minimum atomic E-state index is -0.964. The van der Waals surface area contributed by atoms with Crippen LogP contribution in [0.3, 0.4) is 0 Å². The fourth-order valence-electron chi connectivity index (χ4n) is 2.38. The van der Waals surface area contributed by atoms with Gasteiger partial charge in [0.1, 0.15) is 6.04 Å². The fraction of sp³-hybridized carbons (Fsp3) is 0.429. The van der Waals surface area contributed by atoms with Crippen molar-refractivity contribution in [3.05, 3.63) is 34.4 Å². The van der Waals surface area contributed by atoms with E-state index in [2.05, 4.69) is 0 Å². The third-order valence-electron chi connectivity index (χ3n) is 3.52. The van der Waals surface area contributed by atoms with Gasteiger partial charge in [0.2, 0.25) is 5.91 Å². The number of nitrogens with zero attached hydrogens (tertiary/aromatic N) is 2. The van der Waals surface area contributed by atoms with Crippen LogP contribution in [-0.2, 0) is 9.59 Å². The standard InChI is InChI=1S/C14H16N2O5S/c17-13(15-8-2-1-3-12(15)14(18)19)9-22-11-6-4-10(5-7-11)16(20)21/h4-7,12H,1-3,8-9H2,(H,18,19). The van der Waals surface area contributed by atoms with Gasteiger partial charge in [0.05, 0.1) is 10.7 Å². The van der Waals surface area contributed by atoms with Crippen LogP contribution in [0.1, 0.15) is 19.3 Å². The maximum absolute atomic E-state index is 12.2. The number of piperidine rings is 1. The summed E-state index contributed by atoms with van der Waals surface area (Å²) >= 11 is 1.25. The summed E-state index contributed by atoms with van der Waals surface area (Å²) in [5.41, 5.74) is -0.00218. The van der Waals surface area contributed by atoms with Crippen molar-refractivity contribution in [1.29, 1.82) is 0 Å². The molecule has 2 rings (SSSR count). The second kappa shape index (κ2) is 7.26. The molecule has 0 spiro atoms. The third-order valence-corrected chi connectivity index (χ3v) is 4.51. The first-order chi connectivity index (χ1) is 10.5. The first kappa shape index (κ1) is 16.3. The lowest BCUT2D eigenvalue weighted by Gasteiger charge is -2.32. The number of likely N-dealkylation sites (tertiary alicyclic amines) is 1. The smallest absolute Gasteiger partial charge is 0.326 e. The molecular weight excluding hydrogens is 308 g/mol. The van der Waals surface area contributed by atoms with Crippen molar-refractivity contribution in [1.82, 2.24) is 4.90 Å². The number of carboxylic acid groups (broad SMARTS) is 1. The number of nitro benzene ring substituents is 1. The maximum atomic E-state index is 12.2. The van der Waals surface area contributed by atoms with Gasteiger partial charge in [0.15, 0.2) is 0 Å². The summed E-state index contributed by atoms with van der Waals surface area (Å²) in [7, 11) is 0. The van der Waals surface area contributed by atoms with Crippen molar-refractivity contribution in [2.75, 3.05) is 12.3 Å². The Morgan fingerprint density at radius 1 is 1.32 bits per heavy atom. The van der Waals surface area contributed by atoms with Gasteiger partial charge in [-0.2, -0.15) is 0 Å². The molecule has 8 heteroatoms. The molecule has 22 heavy (non-hydrogen) atoms. The molecule has 1 heterocycles. The molecule has 7 nitrogen and oxygen atoms in total. The molecular formula is C14H16N2O5S. The molecule has 1 saturated heterocycles. The fourth-order valence-corrected chi connectivity index (χ4v) is 3.16. The lowest BCUT2D eigenvalue weighted by Crippen LogP contribution is -2.48. The van der Waals surface area contributed by atoms with Crippen molar-refractivity contribution in [2.24, 2.45) is 0 Å². The average molecular weight is 324 g/mol. The highest BCUT2D eigenvalue weighted by Gasteiger charge is 2.31. The van der Waals surface area contributed by atoms with E-state index in [1.807, 2.05) is 0 Å². The topological polar surface area (TPSA) is 101 Å². The molecule has 1 unspecified atom stereocenters. The highest BCUT2D eigenvalue weighted by molar-refractivity contribution is 8.00. The Morgan fingerprint density at radius 3 is 2.59 bits per heavy atom. The second-order valence-corrected chi connectivity index (χ2v) is 6.03. The van der Waals surface area contributed by atoms with Crippen LogP contribution < -0.4 is 0 Å². The predicted octanol–water partition coefficient (Wildman–Crippen LogP) is 2.15. The minimum absolute atomic E-state index is 0.00218. The van der Waals surface area contributed by atoms with Gasteiger partial charge >= 0.3 is 5.97 Å². The van der Waals surface area contributed by atoms with Crippen LogP contribution in [-0.4, -0.2) is 45.1 Å². The zero-order valence-electron chi connectivity index (χ0n) is 11.8. The number of carboxylic acids is 1. The van der Waals surface area contributed by atoms with Crippen LogP contribution in [0.5, 0.6) is 0 Å². The van der Waals surface area contributed by atoms with Crippen molar-refractivity contribution in [3.8, 4) is 0 Å². The van der Waals surface area contributed by atoms with Gasteiger partial charge in [-0.3, -0.25) is 14.9 Å². The van der Waals surface area contributed by atoms with E-state index < -0.39 is 16.9 Å². The summed E-state index contributed by atoms with van der Waals surface area (Å²) in [6.07, 6.45) is 2.12. The van der Waals surface area contributed by atoms with E-state index in [1.165, 1.54) is 28.8 Å². The number of carbonyl (C=O) groups is 2. The van der Waals surface area contributed by atoms with Crippen molar-refractivity contribution < 1.29 is 19.6 Å². The number of thioether (sulfide) groups is 1. The average Bonchev–Trinajstić information content (AvgIpc) is 2.53. The van der Waals surface area contributed by atoms with Gasteiger partial charge in [0.25, 0.3) is 5.69 Å². The largest absolute Gasteiger partial charge is 0.480 e. The first-order valence-corrected chi connectivity index (χ1v) is 7.87. The maximum Gasteiger partial charge on any atom is 0.326 e. The van der Waals surface area contributed by atoms with Crippen molar-refractivity contribution >= 4 is 29.3 Å². The molecule has 1 amide bonds. The lowest BCUT2D eigenvalue weighted by molar-refractivity contribution is -0.384. The normalized spacial score (nSPS) is 18.0. The third kappa shape index (κ3) is 3.97. The van der Waals surface area contributed by atoms with Crippen LogP contribution >= 0.6 is 11.8 Å². The molecule has 0 saturated carbocycles. The molecule has 1 fully saturated rings. The van der Waals surface area contributed by atoms with Crippen LogP contribution in [0.25, 0.3) is 0 Å². The van der Waals surface area contributed by atoms with E-state index in [4.69, 9.17) is 5.11 Å². The van der Waals surface area contributed by atoms with Gasteiger partial charge < -0.3 is 10.0 Å². The van der Waals surface area contributed by atoms with E-state index >= 15 is 0 Å². The Balaban J connectivity index is 1.93. The Kier molecular flexibility index (Phi) is 5.37. The van der Waals surface area contributed by atoms with Gasteiger partial charge in [-0.05, 0) is 31.4 Å². The molecule has 118 valence electrons. The van der Waals surface area contributed by atoms with Crippen molar-refractivity contribution in [3.63, 3.8) is 0 Å². The predicted molar refractivity (Wildman–Crippen MR) is 80.8 cm³/mol. The number of aliphatic carboxylic acids is 1. The summed E-state index contributed by atoms with van der Waals surface area (Å²) in [4.78, 5) is 35.6. The zero-order valence-corrected chi connectivity index (χ0v) is 12.6. The summed E-state index contributed by atoms with van der Waals surface area (Å²) in [6, 6.07) is 5.20. The number of non-ortho nitro benzene ring substituents is 1. The van der Waals surface area contributed by atoms with E-state index in [0.717, 1.165) is 17.7 Å². The highest BCUT2D eigenvalue weighted by atomic mass is 32.2. The Hall–Kier alpha value is -2.09. The molecule has 1 aromatic rings. The number of carbonyl (C=O) groups excluding carboxylic acids is 1. The second-order valence-electron chi connectivity index (χ2n) is 4.98. The monoisotopic (exact) mass is 324 g/mol. The summed E-state index contributed by atoms with van der Waals surface area (Å²) in [6.45, 7) is 0.469. The van der Waals surface area contributed by atoms with E-state index in [0.29, 0.717) is 13.0 Å². The SMILES string of the molecule is O=C(O)C1CCCCN1C(=O)CSc1ccc([N+](=O)[O-])cc1. The molecule has 1 aliphatic rings. The summed E-state index contributed by atoms with van der Waals surface area (Å²) < 4.78 is 0. The molecule has 1 aromatic carbocycles. The zero-order chi connectivity index (χ0) is 16.1. The van der Waals surface area contributed by atoms with Crippen LogP contribution in [0.4, 0.5) is 5.69 Å². The lowest BCUT2D eigenvalue weighted by atomic mass is 10.0. The Bertz CT molecular complexity index is 575. The number of hydrogen-bond donors (Lipinski definition) is 1. The molecule has 1 N–H and O–H groups in total. The van der Waals surface area contributed by atoms with E-state index in [9.17, 15) is 19.7 Å². The van der Waals surface area contributed by atoms with Crippen LogP contribution in [0.2, 0.25) is 0 Å². The highest BCUT2D eigenvalue weighted by Crippen LogP contribution is 2.24. The minimum Gasteiger partial charge on any atom is -0.480 e. The molecule has 0 radical (unpaired) electrons. The molecule has 0 aromatic heterocycles. The van der Waals surface area contributed by atoms with E-state index in [1.54, 1.807) is 12.1 Å². The quantitative estimate of drug-likeness (QED) is 0.506. The number of benzene rings is 1. The van der Waals surface area contributed by atoms with Gasteiger partial charge in [-0.15, -0.1) is 11.8 Å². The number of rotatable bonds is 5.